The van der Waals surface area contributed by atoms with Gasteiger partial charge in [0.05, 0.1) is 25.4 Å². The van der Waals surface area contributed by atoms with Crippen LogP contribution in [-0.2, 0) is 6.54 Å². The van der Waals surface area contributed by atoms with Crippen molar-refractivity contribution in [3.63, 3.8) is 0 Å². The highest BCUT2D eigenvalue weighted by Crippen LogP contribution is 2.29. The lowest BCUT2D eigenvalue weighted by Gasteiger charge is -2.22. The topological polar surface area (TPSA) is 76.5 Å². The molecule has 0 unspecified atom stereocenters. The van der Waals surface area contributed by atoms with Crippen molar-refractivity contribution in [2.45, 2.75) is 37.8 Å². The molecule has 1 aromatic heterocycles. The largest absolute Gasteiger partial charge is 0.481 e. The van der Waals surface area contributed by atoms with Gasteiger partial charge in [-0.25, -0.2) is 9.97 Å². The minimum absolute atomic E-state index is 0.498. The number of rotatable bonds is 6. The van der Waals surface area contributed by atoms with Crippen LogP contribution in [0.1, 0.15) is 31.2 Å². The maximum absolute atomic E-state index is 10.3. The molecule has 1 heterocycles. The fraction of sp³-hybridized carbons (Fsp3) is 0.692. The number of aromatic nitrogens is 2. The maximum Gasteiger partial charge on any atom is 0.224 e. The first-order chi connectivity index (χ1) is 9.18. The third-order valence-corrected chi connectivity index (χ3v) is 3.54. The zero-order valence-electron chi connectivity index (χ0n) is 11.5. The van der Waals surface area contributed by atoms with Gasteiger partial charge in [0.1, 0.15) is 6.33 Å². The van der Waals surface area contributed by atoms with Crippen LogP contribution in [0.5, 0.6) is 11.8 Å². The lowest BCUT2D eigenvalue weighted by Crippen LogP contribution is -2.37. The molecule has 1 fully saturated rings. The van der Waals surface area contributed by atoms with Crippen molar-refractivity contribution in [2.75, 3.05) is 20.8 Å². The number of hydrogen-bond acceptors (Lipinski definition) is 6. The predicted octanol–water partition coefficient (Wildman–Crippen LogP) is 0.888. The van der Waals surface area contributed by atoms with Gasteiger partial charge in [-0.2, -0.15) is 0 Å². The SMILES string of the molecule is COc1ncnc(OC)c1CNCC1(O)CCCC1. The highest BCUT2D eigenvalue weighted by atomic mass is 16.5. The Balaban J connectivity index is 1.98. The number of aliphatic hydroxyl groups is 1. The predicted molar refractivity (Wildman–Crippen MR) is 70.3 cm³/mol. The number of ether oxygens (including phenoxy) is 2. The summed E-state index contributed by atoms with van der Waals surface area (Å²) in [6.07, 6.45) is 5.32. The zero-order valence-corrected chi connectivity index (χ0v) is 11.5. The lowest BCUT2D eigenvalue weighted by atomic mass is 10.0. The second-order valence-corrected chi connectivity index (χ2v) is 4.91. The van der Waals surface area contributed by atoms with E-state index in [9.17, 15) is 5.11 Å². The first-order valence-electron chi connectivity index (χ1n) is 6.53. The molecule has 6 nitrogen and oxygen atoms in total. The van der Waals surface area contributed by atoms with E-state index in [1.165, 1.54) is 6.33 Å². The molecule has 0 aromatic carbocycles. The molecule has 0 aliphatic heterocycles. The van der Waals surface area contributed by atoms with Crippen LogP contribution >= 0.6 is 0 Å². The minimum atomic E-state index is -0.573. The van der Waals surface area contributed by atoms with Crippen LogP contribution in [0, 0.1) is 0 Å². The number of nitrogens with one attached hydrogen (secondary N) is 1. The average molecular weight is 267 g/mol. The van der Waals surface area contributed by atoms with Crippen molar-refractivity contribution in [3.05, 3.63) is 11.9 Å². The molecule has 1 aliphatic rings. The van der Waals surface area contributed by atoms with Gasteiger partial charge in [0.2, 0.25) is 11.8 Å². The Morgan fingerprint density at radius 1 is 1.21 bits per heavy atom. The van der Waals surface area contributed by atoms with E-state index in [4.69, 9.17) is 9.47 Å². The number of methoxy groups -OCH3 is 2. The smallest absolute Gasteiger partial charge is 0.224 e. The second kappa shape index (κ2) is 6.16. The maximum atomic E-state index is 10.3. The van der Waals surface area contributed by atoms with Crippen molar-refractivity contribution in [2.24, 2.45) is 0 Å². The van der Waals surface area contributed by atoms with Crippen molar-refractivity contribution in [1.82, 2.24) is 15.3 Å². The quantitative estimate of drug-likeness (QED) is 0.797. The average Bonchev–Trinajstić information content (AvgIpc) is 2.85. The Labute approximate surface area is 113 Å². The van der Waals surface area contributed by atoms with E-state index < -0.39 is 5.60 Å². The minimum Gasteiger partial charge on any atom is -0.481 e. The van der Waals surface area contributed by atoms with Gasteiger partial charge in [-0.05, 0) is 12.8 Å². The summed E-state index contributed by atoms with van der Waals surface area (Å²) < 4.78 is 10.4. The summed E-state index contributed by atoms with van der Waals surface area (Å²) in [5, 5.41) is 13.5. The molecule has 1 aliphatic carbocycles. The Kier molecular flexibility index (Phi) is 4.55. The first kappa shape index (κ1) is 14.0. The van der Waals surface area contributed by atoms with Gasteiger partial charge in [0.15, 0.2) is 0 Å². The van der Waals surface area contributed by atoms with Gasteiger partial charge >= 0.3 is 0 Å². The van der Waals surface area contributed by atoms with Gasteiger partial charge < -0.3 is 19.9 Å². The first-order valence-corrected chi connectivity index (χ1v) is 6.53. The summed E-state index contributed by atoms with van der Waals surface area (Å²) in [7, 11) is 3.13. The molecule has 0 amide bonds. The van der Waals surface area contributed by atoms with E-state index >= 15 is 0 Å². The van der Waals surface area contributed by atoms with Crippen LogP contribution in [0.2, 0.25) is 0 Å². The fourth-order valence-electron chi connectivity index (χ4n) is 2.51. The summed E-state index contributed by atoms with van der Waals surface area (Å²) in [5.74, 6) is 0.996. The van der Waals surface area contributed by atoms with Crippen molar-refractivity contribution < 1.29 is 14.6 Å². The molecule has 2 N–H and O–H groups in total. The van der Waals surface area contributed by atoms with E-state index in [1.807, 2.05) is 0 Å². The molecule has 0 radical (unpaired) electrons. The van der Waals surface area contributed by atoms with Gasteiger partial charge in [-0.3, -0.25) is 0 Å². The third-order valence-electron chi connectivity index (χ3n) is 3.54. The van der Waals surface area contributed by atoms with Gasteiger partial charge in [0.25, 0.3) is 0 Å². The zero-order chi connectivity index (χ0) is 13.7. The van der Waals surface area contributed by atoms with Gasteiger partial charge in [-0.1, -0.05) is 12.8 Å². The van der Waals surface area contributed by atoms with E-state index in [1.54, 1.807) is 14.2 Å². The van der Waals surface area contributed by atoms with Crippen LogP contribution in [0.4, 0.5) is 0 Å². The Morgan fingerprint density at radius 3 is 2.32 bits per heavy atom. The van der Waals surface area contributed by atoms with E-state index in [2.05, 4.69) is 15.3 Å². The molecule has 0 spiro atoms. The molecule has 0 atom stereocenters. The lowest BCUT2D eigenvalue weighted by molar-refractivity contribution is 0.0473. The normalized spacial score (nSPS) is 17.4. The number of hydrogen-bond donors (Lipinski definition) is 2. The summed E-state index contributed by atoms with van der Waals surface area (Å²) in [6.45, 7) is 1.07. The fourth-order valence-corrected chi connectivity index (χ4v) is 2.51. The van der Waals surface area contributed by atoms with Crippen molar-refractivity contribution in [1.29, 1.82) is 0 Å². The van der Waals surface area contributed by atoms with Crippen molar-refractivity contribution >= 4 is 0 Å². The monoisotopic (exact) mass is 267 g/mol. The van der Waals surface area contributed by atoms with E-state index in [0.717, 1.165) is 31.2 Å². The molecule has 1 aromatic rings. The molecule has 1 saturated carbocycles. The Bertz CT molecular complexity index is 397. The van der Waals surface area contributed by atoms with Crippen LogP contribution in [0.25, 0.3) is 0 Å². The van der Waals surface area contributed by atoms with E-state index in [0.29, 0.717) is 24.8 Å². The van der Waals surface area contributed by atoms with Crippen LogP contribution in [-0.4, -0.2) is 41.4 Å². The van der Waals surface area contributed by atoms with E-state index in [-0.39, 0.29) is 0 Å². The summed E-state index contributed by atoms with van der Waals surface area (Å²) in [6, 6.07) is 0. The molecule has 2 rings (SSSR count). The molecule has 0 saturated heterocycles. The molecular formula is C13H21N3O3. The standard InChI is InChI=1S/C13H21N3O3/c1-18-11-10(12(19-2)16-9-15-11)7-14-8-13(17)5-3-4-6-13/h9,14,17H,3-8H2,1-2H3. The number of nitrogens with zero attached hydrogens (tertiary/aromatic N) is 2. The Hall–Kier alpha value is -1.40. The van der Waals surface area contributed by atoms with Crippen molar-refractivity contribution in [3.8, 4) is 11.8 Å². The summed E-state index contributed by atoms with van der Waals surface area (Å²) in [5.41, 5.74) is 0.199. The Morgan fingerprint density at radius 2 is 1.79 bits per heavy atom. The van der Waals surface area contributed by atoms with Crippen LogP contribution < -0.4 is 14.8 Å². The van der Waals surface area contributed by atoms with Crippen LogP contribution in [0.3, 0.4) is 0 Å². The summed E-state index contributed by atoms with van der Waals surface area (Å²) >= 11 is 0. The highest BCUT2D eigenvalue weighted by molar-refractivity contribution is 5.34. The van der Waals surface area contributed by atoms with Gasteiger partial charge in [0, 0.05) is 13.1 Å². The summed E-state index contributed by atoms with van der Waals surface area (Å²) in [4.78, 5) is 8.12. The van der Waals surface area contributed by atoms with Crippen LogP contribution in [0.15, 0.2) is 6.33 Å². The highest BCUT2D eigenvalue weighted by Gasteiger charge is 2.30. The molecule has 6 heteroatoms. The molecule has 106 valence electrons. The van der Waals surface area contributed by atoms with Gasteiger partial charge in [-0.15, -0.1) is 0 Å². The molecule has 19 heavy (non-hydrogen) atoms. The second-order valence-electron chi connectivity index (χ2n) is 4.91. The molecular weight excluding hydrogens is 246 g/mol. The molecule has 0 bridgehead atoms. The third kappa shape index (κ3) is 3.33.